The van der Waals surface area contributed by atoms with Crippen LogP contribution in [0.1, 0.15) is 68.3 Å². The van der Waals surface area contributed by atoms with Crippen LogP contribution in [0, 0.1) is 11.7 Å². The molecular formula is C26H30FNO5S. The number of sulfonamides is 1. The second-order valence-electron chi connectivity index (χ2n) is 9.20. The standard InChI is InChI=1S/C26H30FNO5S/c1-4-32-26(29)24-21-14-20(17-7-8-17)22(28-34(30,31)13-5-6-16(2)3)15-23(21)33-25(24)18-9-11-19(27)12-10-18/h9-12,14-17,28H,4-8,13H2,1-3H3. The van der Waals surface area contributed by atoms with Crippen molar-refractivity contribution in [2.45, 2.75) is 52.4 Å². The van der Waals surface area contributed by atoms with Crippen molar-refractivity contribution in [2.24, 2.45) is 5.92 Å². The molecule has 0 spiro atoms. The zero-order valence-corrected chi connectivity index (χ0v) is 20.5. The summed E-state index contributed by atoms with van der Waals surface area (Å²) in [5.41, 5.74) is 2.49. The number of fused-ring (bicyclic) bond motifs is 1. The van der Waals surface area contributed by atoms with E-state index < -0.39 is 21.8 Å². The van der Waals surface area contributed by atoms with Gasteiger partial charge in [0.2, 0.25) is 10.0 Å². The zero-order chi connectivity index (χ0) is 24.5. The SMILES string of the molecule is CCOC(=O)c1c(-c2ccc(F)cc2)oc2cc(NS(=O)(=O)CCCC(C)C)c(C3CC3)cc12. The highest BCUT2D eigenvalue weighted by Crippen LogP contribution is 2.47. The quantitative estimate of drug-likeness (QED) is 0.331. The van der Waals surface area contributed by atoms with Gasteiger partial charge in [-0.15, -0.1) is 0 Å². The molecule has 4 rings (SSSR count). The van der Waals surface area contributed by atoms with E-state index in [1.54, 1.807) is 13.0 Å². The Hall–Kier alpha value is -2.87. The van der Waals surface area contributed by atoms with Gasteiger partial charge in [-0.2, -0.15) is 0 Å². The van der Waals surface area contributed by atoms with Gasteiger partial charge in [0, 0.05) is 17.0 Å². The van der Waals surface area contributed by atoms with Crippen LogP contribution in [0.3, 0.4) is 0 Å². The predicted molar refractivity (Wildman–Crippen MR) is 131 cm³/mol. The number of carbonyl (C=O) groups is 1. The molecule has 1 heterocycles. The minimum atomic E-state index is -3.54. The average molecular weight is 488 g/mol. The molecular weight excluding hydrogens is 457 g/mol. The van der Waals surface area contributed by atoms with Gasteiger partial charge in [-0.05, 0) is 80.3 Å². The number of anilines is 1. The summed E-state index contributed by atoms with van der Waals surface area (Å²) in [4.78, 5) is 12.9. The third-order valence-electron chi connectivity index (χ3n) is 5.92. The average Bonchev–Trinajstić information content (AvgIpc) is 3.54. The lowest BCUT2D eigenvalue weighted by molar-refractivity contribution is 0.0528. The molecule has 1 aliphatic carbocycles. The molecule has 1 N–H and O–H groups in total. The van der Waals surface area contributed by atoms with E-state index in [0.29, 0.717) is 34.6 Å². The Morgan fingerprint density at radius 3 is 2.53 bits per heavy atom. The van der Waals surface area contributed by atoms with Gasteiger partial charge in [-0.1, -0.05) is 13.8 Å². The summed E-state index contributed by atoms with van der Waals surface area (Å²) in [5.74, 6) is 0.0273. The molecule has 0 unspecified atom stereocenters. The number of benzene rings is 2. The van der Waals surface area contributed by atoms with E-state index in [1.165, 1.54) is 24.3 Å². The molecule has 0 aliphatic heterocycles. The molecule has 1 fully saturated rings. The summed E-state index contributed by atoms with van der Waals surface area (Å²) in [6, 6.07) is 9.15. The first-order valence-corrected chi connectivity index (χ1v) is 13.4. The Kier molecular flexibility index (Phi) is 6.98. The van der Waals surface area contributed by atoms with E-state index in [-0.39, 0.29) is 29.6 Å². The van der Waals surface area contributed by atoms with Crippen molar-refractivity contribution in [3.63, 3.8) is 0 Å². The topological polar surface area (TPSA) is 85.6 Å². The van der Waals surface area contributed by atoms with Crippen LogP contribution >= 0.6 is 0 Å². The summed E-state index contributed by atoms with van der Waals surface area (Å²) < 4.78 is 53.1. The Bertz CT molecular complexity index is 1290. The van der Waals surface area contributed by atoms with E-state index >= 15 is 0 Å². The number of ether oxygens (including phenoxy) is 1. The molecule has 6 nitrogen and oxygen atoms in total. The van der Waals surface area contributed by atoms with Gasteiger partial charge < -0.3 is 9.15 Å². The number of halogens is 1. The molecule has 0 saturated heterocycles. The van der Waals surface area contributed by atoms with Gasteiger partial charge in [0.05, 0.1) is 18.0 Å². The van der Waals surface area contributed by atoms with Crippen LogP contribution in [0.5, 0.6) is 0 Å². The predicted octanol–water partition coefficient (Wildman–Crippen LogP) is 6.47. The van der Waals surface area contributed by atoms with E-state index in [9.17, 15) is 17.6 Å². The Balaban J connectivity index is 1.79. The lowest BCUT2D eigenvalue weighted by Gasteiger charge is -2.13. The molecule has 0 radical (unpaired) electrons. The van der Waals surface area contributed by atoms with E-state index in [4.69, 9.17) is 9.15 Å². The highest BCUT2D eigenvalue weighted by Gasteiger charge is 2.31. The molecule has 3 aromatic rings. The number of carbonyl (C=O) groups excluding carboxylic acids is 1. The highest BCUT2D eigenvalue weighted by molar-refractivity contribution is 7.92. The van der Waals surface area contributed by atoms with Gasteiger partial charge >= 0.3 is 5.97 Å². The van der Waals surface area contributed by atoms with Crippen LogP contribution in [-0.2, 0) is 14.8 Å². The lowest BCUT2D eigenvalue weighted by Crippen LogP contribution is -2.18. The monoisotopic (exact) mass is 487 g/mol. The second-order valence-corrected chi connectivity index (χ2v) is 11.0. The number of nitrogens with one attached hydrogen (secondary N) is 1. The molecule has 2 aromatic carbocycles. The Labute approximate surface area is 199 Å². The summed E-state index contributed by atoms with van der Waals surface area (Å²) in [5, 5.41) is 0.558. The van der Waals surface area contributed by atoms with Gasteiger partial charge in [-0.3, -0.25) is 4.72 Å². The van der Waals surface area contributed by atoms with Crippen LogP contribution < -0.4 is 4.72 Å². The van der Waals surface area contributed by atoms with E-state index in [1.807, 2.05) is 6.07 Å². The molecule has 0 bridgehead atoms. The fourth-order valence-corrected chi connectivity index (χ4v) is 5.25. The minimum absolute atomic E-state index is 0.0420. The van der Waals surface area contributed by atoms with Crippen LogP contribution in [0.25, 0.3) is 22.3 Å². The number of rotatable bonds is 10. The van der Waals surface area contributed by atoms with Crippen LogP contribution in [-0.4, -0.2) is 26.7 Å². The zero-order valence-electron chi connectivity index (χ0n) is 19.7. The second kappa shape index (κ2) is 9.78. The van der Waals surface area contributed by atoms with Crippen molar-refractivity contribution >= 4 is 32.6 Å². The van der Waals surface area contributed by atoms with Crippen LogP contribution in [0.2, 0.25) is 0 Å². The van der Waals surface area contributed by atoms with E-state index in [2.05, 4.69) is 18.6 Å². The minimum Gasteiger partial charge on any atom is -0.462 e. The van der Waals surface area contributed by atoms with Crippen molar-refractivity contribution in [3.8, 4) is 11.3 Å². The molecule has 182 valence electrons. The molecule has 0 atom stereocenters. The fraction of sp³-hybridized carbons (Fsp3) is 0.423. The lowest BCUT2D eigenvalue weighted by atomic mass is 10.0. The third kappa shape index (κ3) is 5.43. The van der Waals surface area contributed by atoms with Crippen molar-refractivity contribution < 1.29 is 26.8 Å². The first-order valence-electron chi connectivity index (χ1n) is 11.7. The summed E-state index contributed by atoms with van der Waals surface area (Å²) in [6.45, 7) is 6.05. The van der Waals surface area contributed by atoms with Crippen LogP contribution in [0.4, 0.5) is 10.1 Å². The number of esters is 1. The molecule has 34 heavy (non-hydrogen) atoms. The summed E-state index contributed by atoms with van der Waals surface area (Å²) >= 11 is 0. The molecule has 1 aromatic heterocycles. The van der Waals surface area contributed by atoms with Gasteiger partial charge in [-0.25, -0.2) is 17.6 Å². The summed E-state index contributed by atoms with van der Waals surface area (Å²) in [6.07, 6.45) is 3.31. The maximum atomic E-state index is 13.5. The van der Waals surface area contributed by atoms with E-state index in [0.717, 1.165) is 24.8 Å². The smallest absolute Gasteiger partial charge is 0.342 e. The molecule has 8 heteroatoms. The largest absolute Gasteiger partial charge is 0.462 e. The van der Waals surface area contributed by atoms with Crippen molar-refractivity contribution in [1.29, 1.82) is 0 Å². The van der Waals surface area contributed by atoms with Crippen LogP contribution in [0.15, 0.2) is 40.8 Å². The van der Waals surface area contributed by atoms with Gasteiger partial charge in [0.25, 0.3) is 0 Å². The molecule has 0 amide bonds. The number of hydrogen-bond acceptors (Lipinski definition) is 5. The summed E-state index contributed by atoms with van der Waals surface area (Å²) in [7, 11) is -3.54. The maximum absolute atomic E-state index is 13.5. The van der Waals surface area contributed by atoms with Crippen molar-refractivity contribution in [1.82, 2.24) is 0 Å². The number of furan rings is 1. The molecule has 1 saturated carbocycles. The van der Waals surface area contributed by atoms with Gasteiger partial charge in [0.1, 0.15) is 22.7 Å². The maximum Gasteiger partial charge on any atom is 0.342 e. The van der Waals surface area contributed by atoms with Crippen molar-refractivity contribution in [2.75, 3.05) is 17.1 Å². The number of hydrogen-bond donors (Lipinski definition) is 1. The first kappa shape index (κ1) is 24.3. The fourth-order valence-electron chi connectivity index (χ4n) is 4.09. The highest BCUT2D eigenvalue weighted by atomic mass is 32.2. The Morgan fingerprint density at radius 1 is 1.21 bits per heavy atom. The Morgan fingerprint density at radius 2 is 1.91 bits per heavy atom. The first-order chi connectivity index (χ1) is 16.2. The molecule has 1 aliphatic rings. The normalized spacial score (nSPS) is 14.0. The van der Waals surface area contributed by atoms with Crippen molar-refractivity contribution in [3.05, 3.63) is 53.3 Å². The third-order valence-corrected chi connectivity index (χ3v) is 7.28. The van der Waals surface area contributed by atoms with Gasteiger partial charge in [0.15, 0.2) is 0 Å².